The zero-order chi connectivity index (χ0) is 14.1. The van der Waals surface area contributed by atoms with Crippen LogP contribution in [0.1, 0.15) is 53.9 Å². The molecular weight excluding hydrogens is 230 g/mol. The third-order valence-electron chi connectivity index (χ3n) is 4.35. The molecule has 18 heavy (non-hydrogen) atoms. The number of aliphatic carboxylic acids is 1. The molecule has 1 atom stereocenters. The summed E-state index contributed by atoms with van der Waals surface area (Å²) in [6.07, 6.45) is 2.33. The Bertz CT molecular complexity index is 345. The van der Waals surface area contributed by atoms with E-state index in [4.69, 9.17) is 0 Å². The molecule has 0 aliphatic heterocycles. The van der Waals surface area contributed by atoms with Gasteiger partial charge in [-0.2, -0.15) is 0 Å². The number of carboxylic acid groups (broad SMARTS) is 1. The van der Waals surface area contributed by atoms with Gasteiger partial charge in [0.05, 0.1) is 5.41 Å². The molecule has 1 aliphatic carbocycles. The van der Waals surface area contributed by atoms with E-state index in [-0.39, 0.29) is 23.8 Å². The summed E-state index contributed by atoms with van der Waals surface area (Å²) in [4.78, 5) is 23.4. The fraction of sp³-hybridized carbons (Fsp3) is 0.857. The summed E-state index contributed by atoms with van der Waals surface area (Å²) in [5.41, 5.74) is -1.21. The fourth-order valence-corrected chi connectivity index (χ4v) is 2.17. The van der Waals surface area contributed by atoms with Crippen LogP contribution in [0.5, 0.6) is 0 Å². The number of hydrogen-bond acceptors (Lipinski definition) is 2. The van der Waals surface area contributed by atoms with E-state index in [0.717, 1.165) is 12.8 Å². The molecule has 0 bridgehead atoms. The lowest BCUT2D eigenvalue weighted by molar-refractivity contribution is -0.153. The normalized spacial score (nSPS) is 19.4. The number of hydrogen-bond donors (Lipinski definition) is 2. The van der Waals surface area contributed by atoms with E-state index in [0.29, 0.717) is 5.92 Å². The van der Waals surface area contributed by atoms with E-state index in [9.17, 15) is 14.7 Å². The van der Waals surface area contributed by atoms with E-state index in [1.807, 2.05) is 27.7 Å². The van der Waals surface area contributed by atoms with E-state index in [1.165, 1.54) is 0 Å². The Kier molecular flexibility index (Phi) is 4.08. The monoisotopic (exact) mass is 255 g/mol. The Hall–Kier alpha value is -1.06. The number of rotatable bonds is 6. The molecule has 0 spiro atoms. The van der Waals surface area contributed by atoms with Gasteiger partial charge in [0.15, 0.2) is 0 Å². The second-order valence-electron chi connectivity index (χ2n) is 6.60. The van der Waals surface area contributed by atoms with Crippen LogP contribution >= 0.6 is 0 Å². The summed E-state index contributed by atoms with van der Waals surface area (Å²) < 4.78 is 0. The van der Waals surface area contributed by atoms with Crippen molar-refractivity contribution in [2.75, 3.05) is 0 Å². The van der Waals surface area contributed by atoms with Gasteiger partial charge in [-0.25, -0.2) is 0 Å². The third-order valence-corrected chi connectivity index (χ3v) is 4.35. The number of amides is 1. The van der Waals surface area contributed by atoms with Crippen LogP contribution in [-0.2, 0) is 9.59 Å². The average Bonchev–Trinajstić information content (AvgIpc) is 2.98. The van der Waals surface area contributed by atoms with E-state index < -0.39 is 11.4 Å². The molecule has 1 aliphatic rings. The number of carbonyl (C=O) groups is 2. The molecule has 2 N–H and O–H groups in total. The van der Waals surface area contributed by atoms with Gasteiger partial charge < -0.3 is 10.4 Å². The van der Waals surface area contributed by atoms with Gasteiger partial charge in [0.25, 0.3) is 0 Å². The molecule has 0 aromatic carbocycles. The Morgan fingerprint density at radius 3 is 2.11 bits per heavy atom. The standard InChI is InChI=1S/C14H25NO3/c1-9(2)14(5,12(17)18)8-11(16)15-13(3,4)10-6-7-10/h9-10H,6-8H2,1-5H3,(H,15,16)(H,17,18). The molecule has 1 rings (SSSR count). The number of carboxylic acids is 1. The lowest BCUT2D eigenvalue weighted by Gasteiger charge is -2.32. The summed E-state index contributed by atoms with van der Waals surface area (Å²) in [6, 6.07) is 0. The number of nitrogens with one attached hydrogen (secondary N) is 1. The minimum absolute atomic E-state index is 0.0378. The third kappa shape index (κ3) is 3.24. The van der Waals surface area contributed by atoms with Gasteiger partial charge in [0, 0.05) is 12.0 Å². The predicted molar refractivity (Wildman–Crippen MR) is 70.1 cm³/mol. The highest BCUT2D eigenvalue weighted by Crippen LogP contribution is 2.39. The van der Waals surface area contributed by atoms with Crippen LogP contribution in [0.4, 0.5) is 0 Å². The SMILES string of the molecule is CC(C)C(C)(CC(=O)NC(C)(C)C1CC1)C(=O)O. The van der Waals surface area contributed by atoms with Crippen molar-refractivity contribution < 1.29 is 14.7 Å². The van der Waals surface area contributed by atoms with Crippen LogP contribution in [0.15, 0.2) is 0 Å². The minimum Gasteiger partial charge on any atom is -0.481 e. The summed E-state index contributed by atoms with van der Waals surface area (Å²) >= 11 is 0. The summed E-state index contributed by atoms with van der Waals surface area (Å²) in [5.74, 6) is -0.608. The average molecular weight is 255 g/mol. The first-order valence-electron chi connectivity index (χ1n) is 6.64. The van der Waals surface area contributed by atoms with Gasteiger partial charge in [-0.05, 0) is 45.4 Å². The highest BCUT2D eigenvalue weighted by molar-refractivity contribution is 5.85. The maximum absolute atomic E-state index is 12.0. The van der Waals surface area contributed by atoms with Crippen molar-refractivity contribution in [3.63, 3.8) is 0 Å². The van der Waals surface area contributed by atoms with Crippen LogP contribution in [0.3, 0.4) is 0 Å². The van der Waals surface area contributed by atoms with Gasteiger partial charge >= 0.3 is 5.97 Å². The lowest BCUT2D eigenvalue weighted by atomic mass is 9.76. The van der Waals surface area contributed by atoms with Crippen LogP contribution in [0, 0.1) is 17.3 Å². The van der Waals surface area contributed by atoms with Gasteiger partial charge in [-0.15, -0.1) is 0 Å². The molecule has 4 heteroatoms. The summed E-state index contributed by atoms with van der Waals surface area (Å²) in [5, 5.41) is 12.3. The van der Waals surface area contributed by atoms with Crippen molar-refractivity contribution in [3.8, 4) is 0 Å². The highest BCUT2D eigenvalue weighted by atomic mass is 16.4. The molecule has 0 aromatic rings. The van der Waals surface area contributed by atoms with Crippen molar-refractivity contribution in [1.29, 1.82) is 0 Å². The first-order valence-corrected chi connectivity index (χ1v) is 6.64. The molecule has 1 amide bonds. The Morgan fingerprint density at radius 2 is 1.78 bits per heavy atom. The molecular formula is C14H25NO3. The van der Waals surface area contributed by atoms with Gasteiger partial charge in [0.2, 0.25) is 5.91 Å². The second-order valence-corrected chi connectivity index (χ2v) is 6.60. The first kappa shape index (κ1) is 15.0. The maximum Gasteiger partial charge on any atom is 0.310 e. The van der Waals surface area contributed by atoms with Crippen molar-refractivity contribution in [2.45, 2.75) is 59.4 Å². The van der Waals surface area contributed by atoms with Gasteiger partial charge in [0.1, 0.15) is 0 Å². The topological polar surface area (TPSA) is 66.4 Å². The summed E-state index contributed by atoms with van der Waals surface area (Å²) in [7, 11) is 0. The van der Waals surface area contributed by atoms with Gasteiger partial charge in [-0.1, -0.05) is 13.8 Å². The summed E-state index contributed by atoms with van der Waals surface area (Å²) in [6.45, 7) is 9.34. The second kappa shape index (κ2) is 4.90. The fourth-order valence-electron chi connectivity index (χ4n) is 2.17. The van der Waals surface area contributed by atoms with E-state index in [2.05, 4.69) is 5.32 Å². The zero-order valence-corrected chi connectivity index (χ0v) is 12.0. The first-order chi connectivity index (χ1) is 8.09. The lowest BCUT2D eigenvalue weighted by Crippen LogP contribution is -2.48. The molecule has 0 aromatic heterocycles. The molecule has 104 valence electrons. The maximum atomic E-state index is 12.0. The molecule has 0 heterocycles. The Labute approximate surface area is 109 Å². The molecule has 4 nitrogen and oxygen atoms in total. The zero-order valence-electron chi connectivity index (χ0n) is 12.0. The van der Waals surface area contributed by atoms with E-state index >= 15 is 0 Å². The van der Waals surface area contributed by atoms with Crippen LogP contribution in [0.25, 0.3) is 0 Å². The molecule has 1 fully saturated rings. The van der Waals surface area contributed by atoms with Crippen molar-refractivity contribution in [3.05, 3.63) is 0 Å². The molecule has 0 radical (unpaired) electrons. The quantitative estimate of drug-likeness (QED) is 0.766. The predicted octanol–water partition coefficient (Wildman–Crippen LogP) is 2.43. The van der Waals surface area contributed by atoms with Crippen LogP contribution in [-0.4, -0.2) is 22.5 Å². The van der Waals surface area contributed by atoms with Crippen molar-refractivity contribution >= 4 is 11.9 Å². The largest absolute Gasteiger partial charge is 0.481 e. The van der Waals surface area contributed by atoms with Crippen LogP contribution in [0.2, 0.25) is 0 Å². The smallest absolute Gasteiger partial charge is 0.310 e. The Balaban J connectivity index is 2.65. The van der Waals surface area contributed by atoms with Crippen molar-refractivity contribution in [2.24, 2.45) is 17.3 Å². The molecule has 1 unspecified atom stereocenters. The number of carbonyl (C=O) groups excluding carboxylic acids is 1. The molecule has 1 saturated carbocycles. The van der Waals surface area contributed by atoms with Crippen molar-refractivity contribution in [1.82, 2.24) is 5.32 Å². The minimum atomic E-state index is -0.996. The molecule has 0 saturated heterocycles. The van der Waals surface area contributed by atoms with Gasteiger partial charge in [-0.3, -0.25) is 9.59 Å². The highest BCUT2D eigenvalue weighted by Gasteiger charge is 2.42. The van der Waals surface area contributed by atoms with Crippen LogP contribution < -0.4 is 5.32 Å². The van der Waals surface area contributed by atoms with E-state index in [1.54, 1.807) is 6.92 Å². The Morgan fingerprint density at radius 1 is 1.28 bits per heavy atom.